The fourth-order valence-electron chi connectivity index (χ4n) is 2.23. The van der Waals surface area contributed by atoms with Gasteiger partial charge >= 0.3 is 5.97 Å². The zero-order valence-electron chi connectivity index (χ0n) is 13.8. The monoisotopic (exact) mass is 384 g/mol. The van der Waals surface area contributed by atoms with Crippen LogP contribution in [0.15, 0.2) is 54.6 Å². The quantitative estimate of drug-likeness (QED) is 0.371. The SMILES string of the molecule is O=C(Oc1ccc(-c2ccc(F)cc2)nn1)c1cc([N+](=O)[O-])cc([N+](=O)[O-])c1. The van der Waals surface area contributed by atoms with E-state index in [0.717, 1.165) is 18.2 Å². The maximum Gasteiger partial charge on any atom is 0.345 e. The molecule has 0 aliphatic heterocycles. The molecule has 10 nitrogen and oxygen atoms in total. The molecule has 3 aromatic rings. The van der Waals surface area contributed by atoms with E-state index in [2.05, 4.69) is 10.2 Å². The Morgan fingerprint density at radius 2 is 1.50 bits per heavy atom. The number of nitrogens with zero attached hydrogens (tertiary/aromatic N) is 4. The Hall–Kier alpha value is -4.28. The summed E-state index contributed by atoms with van der Waals surface area (Å²) in [5.41, 5.74) is -0.657. The number of carbonyl (C=O) groups excluding carboxylic acids is 1. The number of ether oxygens (including phenoxy) is 1. The second kappa shape index (κ2) is 7.53. The number of halogens is 1. The molecule has 0 unspecified atom stereocenters. The molecule has 3 rings (SSSR count). The first-order valence-electron chi connectivity index (χ1n) is 7.59. The van der Waals surface area contributed by atoms with Crippen molar-refractivity contribution in [2.45, 2.75) is 0 Å². The molecule has 0 aliphatic rings. The molecule has 140 valence electrons. The number of nitro benzene ring substituents is 2. The maximum absolute atomic E-state index is 13.0. The highest BCUT2D eigenvalue weighted by molar-refractivity contribution is 5.92. The predicted molar refractivity (Wildman–Crippen MR) is 92.1 cm³/mol. The van der Waals surface area contributed by atoms with Crippen LogP contribution in [0.3, 0.4) is 0 Å². The minimum absolute atomic E-state index is 0.218. The first-order valence-corrected chi connectivity index (χ1v) is 7.59. The van der Waals surface area contributed by atoms with Crippen LogP contribution >= 0.6 is 0 Å². The average Bonchev–Trinajstić information content (AvgIpc) is 2.68. The molecule has 0 saturated heterocycles. The minimum atomic E-state index is -1.07. The van der Waals surface area contributed by atoms with E-state index in [4.69, 9.17) is 4.74 Å². The predicted octanol–water partition coefficient (Wildman–Crippen LogP) is 3.32. The van der Waals surface area contributed by atoms with E-state index < -0.39 is 33.0 Å². The molecule has 0 spiro atoms. The lowest BCUT2D eigenvalue weighted by Gasteiger charge is -2.04. The molecule has 1 aromatic heterocycles. The van der Waals surface area contributed by atoms with Crippen molar-refractivity contribution >= 4 is 17.3 Å². The van der Waals surface area contributed by atoms with Crippen LogP contribution in [0, 0.1) is 26.0 Å². The van der Waals surface area contributed by atoms with Gasteiger partial charge in [0.1, 0.15) is 5.82 Å². The first kappa shape index (κ1) is 18.5. The summed E-state index contributed by atoms with van der Waals surface area (Å²) in [4.78, 5) is 32.2. The Labute approximate surface area is 155 Å². The highest BCUT2D eigenvalue weighted by Gasteiger charge is 2.21. The lowest BCUT2D eigenvalue weighted by Crippen LogP contribution is -2.11. The normalized spacial score (nSPS) is 10.3. The van der Waals surface area contributed by atoms with Gasteiger partial charge in [-0.3, -0.25) is 20.2 Å². The highest BCUT2D eigenvalue weighted by atomic mass is 19.1. The molecule has 0 aliphatic carbocycles. The minimum Gasteiger partial charge on any atom is -0.402 e. The molecule has 1 heterocycles. The van der Waals surface area contributed by atoms with Gasteiger partial charge in [-0.25, -0.2) is 9.18 Å². The number of esters is 1. The lowest BCUT2D eigenvalue weighted by atomic mass is 10.1. The van der Waals surface area contributed by atoms with Gasteiger partial charge in [0.2, 0.25) is 5.88 Å². The molecular weight excluding hydrogens is 375 g/mol. The Kier molecular flexibility index (Phi) is 4.98. The van der Waals surface area contributed by atoms with Crippen molar-refractivity contribution in [2.75, 3.05) is 0 Å². The van der Waals surface area contributed by atoms with E-state index in [1.165, 1.54) is 36.4 Å². The van der Waals surface area contributed by atoms with E-state index in [1.54, 1.807) is 0 Å². The zero-order valence-corrected chi connectivity index (χ0v) is 13.8. The average molecular weight is 384 g/mol. The van der Waals surface area contributed by atoms with Crippen LogP contribution in [0.2, 0.25) is 0 Å². The third-order valence-electron chi connectivity index (χ3n) is 3.54. The van der Waals surface area contributed by atoms with Crippen LogP contribution in [0.1, 0.15) is 10.4 Å². The van der Waals surface area contributed by atoms with Gasteiger partial charge in [0.25, 0.3) is 11.4 Å². The van der Waals surface area contributed by atoms with E-state index >= 15 is 0 Å². The Morgan fingerprint density at radius 3 is 2.00 bits per heavy atom. The van der Waals surface area contributed by atoms with Crippen molar-refractivity contribution < 1.29 is 23.8 Å². The summed E-state index contributed by atoms with van der Waals surface area (Å²) in [6.07, 6.45) is 0. The van der Waals surface area contributed by atoms with Crippen LogP contribution in [0.4, 0.5) is 15.8 Å². The number of carbonyl (C=O) groups is 1. The fraction of sp³-hybridized carbons (Fsp3) is 0. The van der Waals surface area contributed by atoms with Crippen molar-refractivity contribution in [1.82, 2.24) is 10.2 Å². The van der Waals surface area contributed by atoms with Crippen LogP contribution in [-0.4, -0.2) is 26.0 Å². The van der Waals surface area contributed by atoms with Crippen LogP contribution < -0.4 is 4.74 Å². The molecule has 0 fully saturated rings. The Morgan fingerprint density at radius 1 is 0.893 bits per heavy atom. The molecule has 28 heavy (non-hydrogen) atoms. The number of hydrogen-bond donors (Lipinski definition) is 0. The van der Waals surface area contributed by atoms with Crippen LogP contribution in [-0.2, 0) is 0 Å². The fourth-order valence-corrected chi connectivity index (χ4v) is 2.23. The van der Waals surface area contributed by atoms with Crippen LogP contribution in [0.25, 0.3) is 11.3 Å². The Balaban J connectivity index is 1.82. The first-order chi connectivity index (χ1) is 13.3. The molecule has 0 atom stereocenters. The smallest absolute Gasteiger partial charge is 0.345 e. The van der Waals surface area contributed by atoms with E-state index in [1.807, 2.05) is 0 Å². The van der Waals surface area contributed by atoms with Gasteiger partial charge in [-0.2, -0.15) is 0 Å². The van der Waals surface area contributed by atoms with Gasteiger partial charge in [-0.1, -0.05) is 0 Å². The zero-order chi connectivity index (χ0) is 20.3. The summed E-state index contributed by atoms with van der Waals surface area (Å²) in [7, 11) is 0. The number of non-ortho nitro benzene ring substituents is 2. The van der Waals surface area contributed by atoms with Crippen molar-refractivity contribution in [3.63, 3.8) is 0 Å². The van der Waals surface area contributed by atoms with Crippen LogP contribution in [0.5, 0.6) is 5.88 Å². The molecule has 0 radical (unpaired) electrons. The van der Waals surface area contributed by atoms with Crippen molar-refractivity contribution in [3.05, 3.63) is 86.2 Å². The van der Waals surface area contributed by atoms with E-state index in [0.29, 0.717) is 11.3 Å². The van der Waals surface area contributed by atoms with Crippen molar-refractivity contribution in [2.24, 2.45) is 0 Å². The van der Waals surface area contributed by atoms with Gasteiger partial charge < -0.3 is 4.74 Å². The summed E-state index contributed by atoms with van der Waals surface area (Å²) in [5, 5.41) is 29.3. The lowest BCUT2D eigenvalue weighted by molar-refractivity contribution is -0.394. The maximum atomic E-state index is 13.0. The number of nitro groups is 2. The van der Waals surface area contributed by atoms with E-state index in [-0.39, 0.29) is 11.4 Å². The van der Waals surface area contributed by atoms with E-state index in [9.17, 15) is 29.4 Å². The number of benzene rings is 2. The third kappa shape index (κ3) is 4.09. The number of hydrogen-bond acceptors (Lipinski definition) is 8. The molecule has 0 amide bonds. The molecule has 11 heteroatoms. The second-order valence-corrected chi connectivity index (χ2v) is 5.41. The van der Waals surface area contributed by atoms with Gasteiger partial charge in [0, 0.05) is 23.8 Å². The van der Waals surface area contributed by atoms with Crippen molar-refractivity contribution in [3.8, 4) is 17.1 Å². The number of rotatable bonds is 5. The summed E-state index contributed by atoms with van der Waals surface area (Å²) < 4.78 is 17.9. The van der Waals surface area contributed by atoms with Gasteiger partial charge in [0.15, 0.2) is 0 Å². The topological polar surface area (TPSA) is 138 Å². The van der Waals surface area contributed by atoms with Crippen molar-refractivity contribution in [1.29, 1.82) is 0 Å². The third-order valence-corrected chi connectivity index (χ3v) is 3.54. The number of aromatic nitrogens is 2. The molecular formula is C17H9FN4O6. The van der Waals surface area contributed by atoms with Gasteiger partial charge in [0.05, 0.1) is 27.2 Å². The summed E-state index contributed by atoms with van der Waals surface area (Å²) >= 11 is 0. The second-order valence-electron chi connectivity index (χ2n) is 5.41. The summed E-state index contributed by atoms with van der Waals surface area (Å²) in [5.74, 6) is -1.70. The molecule has 0 bridgehead atoms. The van der Waals surface area contributed by atoms with Gasteiger partial charge in [-0.05, 0) is 30.3 Å². The molecule has 0 N–H and O–H groups in total. The molecule has 0 saturated carbocycles. The summed E-state index contributed by atoms with van der Waals surface area (Å²) in [6.45, 7) is 0. The van der Waals surface area contributed by atoms with Gasteiger partial charge in [-0.15, -0.1) is 10.2 Å². The molecule has 2 aromatic carbocycles. The Bertz CT molecular complexity index is 1040. The standard InChI is InChI=1S/C17H9FN4O6/c18-12-3-1-10(2-4-12)15-5-6-16(20-19-15)28-17(23)11-7-13(21(24)25)9-14(8-11)22(26)27/h1-9H. The highest BCUT2D eigenvalue weighted by Crippen LogP contribution is 2.24. The largest absolute Gasteiger partial charge is 0.402 e. The summed E-state index contributed by atoms with van der Waals surface area (Å²) in [6, 6.07) is 10.7.